The Bertz CT molecular complexity index is 1460. The van der Waals surface area contributed by atoms with Crippen LogP contribution in [0.2, 0.25) is 0 Å². The molecule has 38 heavy (non-hydrogen) atoms. The number of methoxy groups -OCH3 is 2. The molecular weight excluding hydrogens is 504 g/mol. The van der Waals surface area contributed by atoms with Crippen LogP contribution in [0.1, 0.15) is 23.6 Å². The van der Waals surface area contributed by atoms with Crippen molar-refractivity contribution in [3.05, 3.63) is 77.4 Å². The number of nitrogens with zero attached hydrogens (tertiary/aromatic N) is 3. The number of rotatable bonds is 10. The third-order valence-corrected chi connectivity index (χ3v) is 6.52. The molecule has 1 N–H and O–H groups in total. The molecule has 0 aliphatic rings. The second-order valence-electron chi connectivity index (χ2n) is 8.38. The molecule has 0 spiro atoms. The number of aromatic nitrogens is 2. The lowest BCUT2D eigenvalue weighted by Gasteiger charge is -2.13. The number of hydrogen-bond donors (Lipinski definition) is 1. The molecule has 1 amide bonds. The molecule has 0 saturated carbocycles. The molecule has 0 aliphatic carbocycles. The molecule has 10 heteroatoms. The number of thioether (sulfide) groups is 1. The van der Waals surface area contributed by atoms with Gasteiger partial charge in [0.05, 0.1) is 43.8 Å². The Balaban J connectivity index is 1.44. The minimum absolute atomic E-state index is 0.132. The van der Waals surface area contributed by atoms with Gasteiger partial charge in [0.2, 0.25) is 5.75 Å². The van der Waals surface area contributed by atoms with Gasteiger partial charge in [-0.3, -0.25) is 9.59 Å². The van der Waals surface area contributed by atoms with Crippen LogP contribution in [0.15, 0.2) is 70.9 Å². The van der Waals surface area contributed by atoms with Gasteiger partial charge in [-0.05, 0) is 36.8 Å². The van der Waals surface area contributed by atoms with Crippen LogP contribution in [-0.4, -0.2) is 47.6 Å². The molecule has 4 rings (SSSR count). The second kappa shape index (κ2) is 12.3. The molecule has 0 fully saturated rings. The summed E-state index contributed by atoms with van der Waals surface area (Å²) in [6.07, 6.45) is 1.46. The van der Waals surface area contributed by atoms with Gasteiger partial charge in [-0.25, -0.2) is 10.4 Å². The molecule has 0 atom stereocenters. The van der Waals surface area contributed by atoms with E-state index in [0.29, 0.717) is 23.6 Å². The van der Waals surface area contributed by atoms with Crippen molar-refractivity contribution in [2.45, 2.75) is 25.5 Å². The highest BCUT2D eigenvalue weighted by atomic mass is 32.2. The molecule has 0 saturated heterocycles. The van der Waals surface area contributed by atoms with E-state index in [4.69, 9.17) is 19.2 Å². The Morgan fingerprint density at radius 3 is 2.39 bits per heavy atom. The third-order valence-electron chi connectivity index (χ3n) is 5.54. The summed E-state index contributed by atoms with van der Waals surface area (Å²) in [6, 6.07) is 19.5. The van der Waals surface area contributed by atoms with Crippen LogP contribution in [0.25, 0.3) is 11.0 Å². The van der Waals surface area contributed by atoms with Crippen LogP contribution >= 0.6 is 11.8 Å². The van der Waals surface area contributed by atoms with Gasteiger partial charge in [0, 0.05) is 12.5 Å². The quantitative estimate of drug-likeness (QED) is 0.105. The summed E-state index contributed by atoms with van der Waals surface area (Å²) in [4.78, 5) is 28.7. The maximum absolute atomic E-state index is 12.6. The molecule has 0 bridgehead atoms. The van der Waals surface area contributed by atoms with Gasteiger partial charge >= 0.3 is 5.97 Å². The van der Waals surface area contributed by atoms with Crippen molar-refractivity contribution < 1.29 is 23.8 Å². The van der Waals surface area contributed by atoms with Crippen LogP contribution in [-0.2, 0) is 16.1 Å². The van der Waals surface area contributed by atoms with E-state index in [9.17, 15) is 9.59 Å². The summed E-state index contributed by atoms with van der Waals surface area (Å²) in [5, 5.41) is 4.80. The Morgan fingerprint density at radius 2 is 1.74 bits per heavy atom. The summed E-state index contributed by atoms with van der Waals surface area (Å²) in [7, 11) is 2.90. The minimum atomic E-state index is -0.500. The van der Waals surface area contributed by atoms with E-state index < -0.39 is 5.97 Å². The molecule has 3 aromatic carbocycles. The molecule has 196 valence electrons. The van der Waals surface area contributed by atoms with Crippen LogP contribution in [0.4, 0.5) is 0 Å². The SMILES string of the molecule is COc1cc(C=NNC(=O)CSc2nc3ccccc3n2Cc2ccc(C)cc2)cc(OC)c1OC(C)=O. The molecule has 1 aromatic heterocycles. The average molecular weight is 533 g/mol. The lowest BCUT2D eigenvalue weighted by atomic mass is 10.1. The van der Waals surface area contributed by atoms with E-state index in [-0.39, 0.29) is 17.4 Å². The van der Waals surface area contributed by atoms with E-state index in [0.717, 1.165) is 21.8 Å². The summed E-state index contributed by atoms with van der Waals surface area (Å²) in [5.74, 6) is 0.127. The first kappa shape index (κ1) is 26.7. The van der Waals surface area contributed by atoms with E-state index >= 15 is 0 Å². The lowest BCUT2D eigenvalue weighted by Crippen LogP contribution is -2.20. The van der Waals surface area contributed by atoms with Crippen molar-refractivity contribution in [3.63, 3.8) is 0 Å². The van der Waals surface area contributed by atoms with E-state index in [1.165, 1.54) is 44.7 Å². The smallest absolute Gasteiger partial charge is 0.308 e. The number of imidazole rings is 1. The van der Waals surface area contributed by atoms with Crippen molar-refractivity contribution in [2.24, 2.45) is 5.10 Å². The standard InChI is InChI=1S/C28H28N4O5S/c1-18-9-11-20(12-10-18)16-32-23-8-6-5-7-22(23)30-28(32)38-17-26(34)31-29-15-21-13-24(35-3)27(37-19(2)33)25(14-21)36-4/h5-15H,16-17H2,1-4H3,(H,31,34). The number of carbonyl (C=O) groups excluding carboxylic acids is 2. The van der Waals surface area contributed by atoms with Gasteiger partial charge in [0.25, 0.3) is 5.91 Å². The van der Waals surface area contributed by atoms with Gasteiger partial charge < -0.3 is 18.8 Å². The van der Waals surface area contributed by atoms with E-state index in [1.54, 1.807) is 12.1 Å². The molecule has 0 aliphatic heterocycles. The van der Waals surface area contributed by atoms with Crippen molar-refractivity contribution >= 4 is 40.9 Å². The highest BCUT2D eigenvalue weighted by Gasteiger charge is 2.16. The molecule has 0 radical (unpaired) electrons. The summed E-state index contributed by atoms with van der Waals surface area (Å²) < 4.78 is 17.9. The highest BCUT2D eigenvalue weighted by Crippen LogP contribution is 2.38. The number of esters is 1. The number of hydrazone groups is 1. The minimum Gasteiger partial charge on any atom is -0.493 e. The molecule has 1 heterocycles. The highest BCUT2D eigenvalue weighted by molar-refractivity contribution is 7.99. The number of aryl methyl sites for hydroxylation is 1. The monoisotopic (exact) mass is 532 g/mol. The van der Waals surface area contributed by atoms with Crippen molar-refractivity contribution in [3.8, 4) is 17.2 Å². The Labute approximate surface area is 224 Å². The van der Waals surface area contributed by atoms with Gasteiger partial charge in [0.15, 0.2) is 16.7 Å². The number of ether oxygens (including phenoxy) is 3. The fraction of sp³-hybridized carbons (Fsp3) is 0.214. The number of amides is 1. The number of nitrogens with one attached hydrogen (secondary N) is 1. The zero-order valence-electron chi connectivity index (χ0n) is 21.6. The fourth-order valence-corrected chi connectivity index (χ4v) is 4.56. The van der Waals surface area contributed by atoms with Gasteiger partial charge in [0.1, 0.15) is 0 Å². The predicted octanol–water partition coefficient (Wildman–Crippen LogP) is 4.58. The first-order chi connectivity index (χ1) is 18.4. The van der Waals surface area contributed by atoms with Crippen molar-refractivity contribution in [1.82, 2.24) is 15.0 Å². The van der Waals surface area contributed by atoms with Crippen LogP contribution < -0.4 is 19.6 Å². The van der Waals surface area contributed by atoms with Gasteiger partial charge in [-0.15, -0.1) is 0 Å². The Morgan fingerprint density at radius 1 is 1.05 bits per heavy atom. The zero-order valence-corrected chi connectivity index (χ0v) is 22.4. The normalized spacial score (nSPS) is 11.1. The first-order valence-electron chi connectivity index (χ1n) is 11.8. The van der Waals surface area contributed by atoms with Crippen LogP contribution in [0.5, 0.6) is 17.2 Å². The van der Waals surface area contributed by atoms with E-state index in [2.05, 4.69) is 46.3 Å². The largest absolute Gasteiger partial charge is 0.493 e. The van der Waals surface area contributed by atoms with Gasteiger partial charge in [-0.1, -0.05) is 53.7 Å². The van der Waals surface area contributed by atoms with Crippen molar-refractivity contribution in [2.75, 3.05) is 20.0 Å². The van der Waals surface area contributed by atoms with Crippen LogP contribution in [0, 0.1) is 6.92 Å². The number of benzene rings is 3. The molecular formula is C28H28N4O5S. The number of para-hydroxylation sites is 2. The number of fused-ring (bicyclic) bond motifs is 1. The number of hydrogen-bond acceptors (Lipinski definition) is 8. The lowest BCUT2D eigenvalue weighted by molar-refractivity contribution is -0.132. The predicted molar refractivity (Wildman–Crippen MR) is 147 cm³/mol. The summed E-state index contributed by atoms with van der Waals surface area (Å²) >= 11 is 1.35. The van der Waals surface area contributed by atoms with Crippen LogP contribution in [0.3, 0.4) is 0 Å². The Kier molecular flexibility index (Phi) is 8.65. The van der Waals surface area contributed by atoms with E-state index in [1.807, 2.05) is 24.3 Å². The molecule has 4 aromatic rings. The number of carbonyl (C=O) groups is 2. The maximum Gasteiger partial charge on any atom is 0.308 e. The zero-order chi connectivity index (χ0) is 27.1. The average Bonchev–Trinajstić information content (AvgIpc) is 3.26. The first-order valence-corrected chi connectivity index (χ1v) is 12.8. The van der Waals surface area contributed by atoms with Crippen molar-refractivity contribution in [1.29, 1.82) is 0 Å². The maximum atomic E-state index is 12.6. The summed E-state index contributed by atoms with van der Waals surface area (Å²) in [5.41, 5.74) is 7.36. The summed E-state index contributed by atoms with van der Waals surface area (Å²) in [6.45, 7) is 4.00. The molecule has 9 nitrogen and oxygen atoms in total. The third kappa shape index (κ3) is 6.51. The molecule has 0 unspecified atom stereocenters. The topological polar surface area (TPSA) is 104 Å². The second-order valence-corrected chi connectivity index (χ2v) is 9.33. The fourth-order valence-electron chi connectivity index (χ4n) is 3.75. The van der Waals surface area contributed by atoms with Gasteiger partial charge in [-0.2, -0.15) is 5.10 Å². The Hall–Kier alpha value is -4.31.